The first-order valence-electron chi connectivity index (χ1n) is 15.7. The van der Waals surface area contributed by atoms with E-state index < -0.39 is 22.4 Å². The second-order valence-corrected chi connectivity index (χ2v) is 13.0. The van der Waals surface area contributed by atoms with E-state index in [1.165, 1.54) is 0 Å². The van der Waals surface area contributed by atoms with E-state index in [1.54, 1.807) is 18.2 Å². The molecule has 47 heavy (non-hydrogen) atoms. The van der Waals surface area contributed by atoms with Crippen molar-refractivity contribution in [3.63, 3.8) is 0 Å². The molecule has 9 nitrogen and oxygen atoms in total. The Hall–Kier alpha value is -3.48. The summed E-state index contributed by atoms with van der Waals surface area (Å²) in [6, 6.07) is 24.3. The second-order valence-electron chi connectivity index (χ2n) is 11.2. The summed E-state index contributed by atoms with van der Waals surface area (Å²) in [5.41, 5.74) is 4.28. The predicted molar refractivity (Wildman–Crippen MR) is 191 cm³/mol. The summed E-state index contributed by atoms with van der Waals surface area (Å²) in [6.45, 7) is 2.73. The van der Waals surface area contributed by atoms with Crippen LogP contribution in [0.2, 0.25) is 5.15 Å². The molecule has 250 valence electrons. The van der Waals surface area contributed by atoms with Crippen LogP contribution in [0, 0.1) is 0 Å². The smallest absolute Gasteiger partial charge is 0.268 e. The first-order chi connectivity index (χ1) is 22.7. The number of nitrogens with zero attached hydrogens (tertiary/aromatic N) is 3. The lowest BCUT2D eigenvalue weighted by Crippen LogP contribution is -2.34. The Kier molecular flexibility index (Phi) is 14.1. The van der Waals surface area contributed by atoms with Crippen LogP contribution in [0.5, 0.6) is 0 Å². The normalized spacial score (nSPS) is 12.4. The number of anilines is 1. The molecule has 0 aliphatic rings. The average Bonchev–Trinajstić information content (AvgIpc) is 3.37. The van der Waals surface area contributed by atoms with E-state index in [0.29, 0.717) is 54.4 Å². The lowest BCUT2D eigenvalue weighted by Gasteiger charge is -2.21. The fourth-order valence-corrected chi connectivity index (χ4v) is 6.46. The van der Waals surface area contributed by atoms with Crippen LogP contribution in [0.1, 0.15) is 61.7 Å². The van der Waals surface area contributed by atoms with Crippen LogP contribution in [0.15, 0.2) is 78.9 Å². The highest BCUT2D eigenvalue weighted by Gasteiger charge is 2.24. The van der Waals surface area contributed by atoms with Gasteiger partial charge in [-0.1, -0.05) is 97.7 Å². The van der Waals surface area contributed by atoms with Gasteiger partial charge in [0.2, 0.25) is 11.8 Å². The number of para-hydroxylation sites is 1. The Morgan fingerprint density at radius 1 is 1.00 bits per heavy atom. The number of halogens is 1. The number of aryl methyl sites for hydroxylation is 1. The summed E-state index contributed by atoms with van der Waals surface area (Å²) in [6.07, 6.45) is 4.21. The summed E-state index contributed by atoms with van der Waals surface area (Å²) < 4.78 is 25.5. The highest BCUT2D eigenvalue weighted by atomic mass is 35.5. The van der Waals surface area contributed by atoms with Crippen molar-refractivity contribution in [2.75, 3.05) is 10.8 Å². The Bertz CT molecular complexity index is 1650. The van der Waals surface area contributed by atoms with Gasteiger partial charge in [-0.2, -0.15) is 12.6 Å². The fourth-order valence-electron chi connectivity index (χ4n) is 5.30. The first-order valence-corrected chi connectivity index (χ1v) is 17.7. The third kappa shape index (κ3) is 10.0. The van der Waals surface area contributed by atoms with Crippen molar-refractivity contribution in [2.24, 2.45) is 0 Å². The highest BCUT2D eigenvalue weighted by Crippen LogP contribution is 2.33. The number of carbonyl (C=O) groups is 2. The standard InChI is InChI=1S/C35H41ClN4O5S2/c1-2-3-15-32-38-34(36)30(24-41)39(32)23-26-17-19-27(20-18-26)28-13-7-8-14-29(28)40(47(44)45)33(42)16-9-10-21-37-35(43)31(46)22-25-11-5-4-6-12-25/h4-8,11-14,17-20,31,41,46H,2-3,9-10,15-16,21-24H2,1H3,(H,37,43)(H,44,45). The molecule has 1 heterocycles. The lowest BCUT2D eigenvalue weighted by atomic mass is 10.0. The van der Waals surface area contributed by atoms with Gasteiger partial charge in [0.25, 0.3) is 11.3 Å². The molecule has 3 aromatic carbocycles. The number of carbonyl (C=O) groups excluding carboxylic acids is 2. The molecule has 0 aliphatic carbocycles. The van der Waals surface area contributed by atoms with Gasteiger partial charge in [0.1, 0.15) is 5.82 Å². The van der Waals surface area contributed by atoms with Gasteiger partial charge >= 0.3 is 0 Å². The van der Waals surface area contributed by atoms with E-state index in [1.807, 2.05) is 65.2 Å². The number of imidazole rings is 1. The van der Waals surface area contributed by atoms with Crippen LogP contribution in [0.4, 0.5) is 5.69 Å². The number of benzene rings is 3. The van der Waals surface area contributed by atoms with E-state index in [0.717, 1.165) is 46.1 Å². The maximum Gasteiger partial charge on any atom is 0.268 e. The summed E-state index contributed by atoms with van der Waals surface area (Å²) in [7, 11) is 0. The number of rotatable bonds is 17. The minimum absolute atomic E-state index is 0.0325. The van der Waals surface area contributed by atoms with E-state index in [4.69, 9.17) is 11.6 Å². The quantitative estimate of drug-likeness (QED) is 0.0577. The minimum atomic E-state index is -2.59. The molecule has 0 radical (unpaired) electrons. The van der Waals surface area contributed by atoms with E-state index in [2.05, 4.69) is 29.9 Å². The largest absolute Gasteiger partial charge is 0.390 e. The van der Waals surface area contributed by atoms with Gasteiger partial charge in [-0.15, -0.1) is 0 Å². The van der Waals surface area contributed by atoms with Crippen molar-refractivity contribution in [2.45, 2.75) is 70.3 Å². The van der Waals surface area contributed by atoms with E-state index >= 15 is 0 Å². The van der Waals surface area contributed by atoms with Gasteiger partial charge in [0.15, 0.2) is 5.15 Å². The number of aromatic nitrogens is 2. The molecule has 12 heteroatoms. The Morgan fingerprint density at radius 3 is 2.38 bits per heavy atom. The number of aliphatic hydroxyl groups is 1. The number of amides is 2. The van der Waals surface area contributed by atoms with Crippen molar-refractivity contribution in [1.29, 1.82) is 0 Å². The molecule has 0 aliphatic heterocycles. The van der Waals surface area contributed by atoms with Crippen molar-refractivity contribution in [3.05, 3.63) is 107 Å². The number of hydrogen-bond acceptors (Lipinski definition) is 6. The summed E-state index contributed by atoms with van der Waals surface area (Å²) >= 11 is 8.14. The van der Waals surface area contributed by atoms with Crippen molar-refractivity contribution >= 4 is 53.0 Å². The topological polar surface area (TPSA) is 125 Å². The highest BCUT2D eigenvalue weighted by molar-refractivity contribution is 7.82. The van der Waals surface area contributed by atoms with Gasteiger partial charge in [0, 0.05) is 31.5 Å². The number of thiol groups is 1. The van der Waals surface area contributed by atoms with Gasteiger partial charge in [-0.3, -0.25) is 14.1 Å². The molecule has 2 amide bonds. The zero-order chi connectivity index (χ0) is 33.8. The molecule has 4 rings (SSSR count). The zero-order valence-electron chi connectivity index (χ0n) is 26.3. The second kappa shape index (κ2) is 18.2. The molecule has 1 aromatic heterocycles. The molecule has 0 fully saturated rings. The van der Waals surface area contributed by atoms with E-state index in [-0.39, 0.29) is 18.9 Å². The molecule has 0 saturated heterocycles. The van der Waals surface area contributed by atoms with Crippen LogP contribution in [0.3, 0.4) is 0 Å². The summed E-state index contributed by atoms with van der Waals surface area (Å²) in [5.74, 6) is 0.151. The number of aliphatic hydroxyl groups excluding tert-OH is 1. The van der Waals surface area contributed by atoms with Crippen molar-refractivity contribution in [3.8, 4) is 11.1 Å². The molecule has 0 spiro atoms. The molecular weight excluding hydrogens is 656 g/mol. The lowest BCUT2D eigenvalue weighted by molar-refractivity contribution is -0.120. The molecule has 0 saturated carbocycles. The predicted octanol–water partition coefficient (Wildman–Crippen LogP) is 6.38. The SMILES string of the molecule is CCCCc1nc(Cl)c(CO)n1Cc1ccc(-c2ccccc2N(C(=O)CCCCNC(=O)C(S)Cc2ccccc2)S(=O)O)cc1. The monoisotopic (exact) mass is 696 g/mol. The van der Waals surface area contributed by atoms with Crippen LogP contribution >= 0.6 is 24.2 Å². The molecule has 3 N–H and O–H groups in total. The maximum atomic E-state index is 13.2. The Balaban J connectivity index is 1.38. The van der Waals surface area contributed by atoms with E-state index in [9.17, 15) is 23.5 Å². The zero-order valence-corrected chi connectivity index (χ0v) is 28.8. The van der Waals surface area contributed by atoms with Crippen molar-refractivity contribution in [1.82, 2.24) is 14.9 Å². The first kappa shape index (κ1) is 36.4. The summed E-state index contributed by atoms with van der Waals surface area (Å²) in [5, 5.41) is 12.6. The number of unbranched alkanes of at least 4 members (excludes halogenated alkanes) is 2. The summed E-state index contributed by atoms with van der Waals surface area (Å²) in [4.78, 5) is 30.1. The van der Waals surface area contributed by atoms with Gasteiger partial charge < -0.3 is 15.0 Å². The fraction of sp³-hybridized carbons (Fsp3) is 0.343. The molecule has 4 aromatic rings. The third-order valence-electron chi connectivity index (χ3n) is 7.81. The third-order valence-corrected chi connectivity index (χ3v) is 9.24. The van der Waals surface area contributed by atoms with Crippen LogP contribution in [-0.4, -0.2) is 47.0 Å². The number of nitrogens with one attached hydrogen (secondary N) is 1. The minimum Gasteiger partial charge on any atom is -0.390 e. The number of hydrogen-bond donors (Lipinski definition) is 4. The molecule has 0 bridgehead atoms. The van der Waals surface area contributed by atoms with Crippen LogP contribution in [-0.2, 0) is 46.8 Å². The van der Waals surface area contributed by atoms with Crippen LogP contribution < -0.4 is 9.62 Å². The van der Waals surface area contributed by atoms with Gasteiger partial charge in [0.05, 0.1) is 23.2 Å². The van der Waals surface area contributed by atoms with Gasteiger partial charge in [-0.05, 0) is 48.4 Å². The Labute approximate surface area is 289 Å². The van der Waals surface area contributed by atoms with Gasteiger partial charge in [-0.25, -0.2) is 13.5 Å². The average molecular weight is 697 g/mol. The maximum absolute atomic E-state index is 13.2. The molecule has 2 unspecified atom stereocenters. The Morgan fingerprint density at radius 2 is 1.70 bits per heavy atom. The molecular formula is C35H41ClN4O5S2. The van der Waals surface area contributed by atoms with Crippen molar-refractivity contribution < 1.29 is 23.5 Å². The molecule has 2 atom stereocenters. The van der Waals surface area contributed by atoms with Crippen LogP contribution in [0.25, 0.3) is 11.1 Å².